The number of aromatic nitrogens is 1. The van der Waals surface area contributed by atoms with E-state index in [9.17, 15) is 8.78 Å². The summed E-state index contributed by atoms with van der Waals surface area (Å²) in [6.45, 7) is 1.56. The van der Waals surface area contributed by atoms with Gasteiger partial charge in [-0.25, -0.2) is 13.8 Å². The third kappa shape index (κ3) is 2.26. The molecule has 0 radical (unpaired) electrons. The van der Waals surface area contributed by atoms with Crippen molar-refractivity contribution in [3.63, 3.8) is 0 Å². The fraction of sp³-hybridized carbons (Fsp3) is 0.333. The number of aryl methyl sites for hydroxylation is 1. The monoisotopic (exact) mass is 260 g/mol. The molecule has 0 unspecified atom stereocenters. The second-order valence-corrected chi connectivity index (χ2v) is 3.53. The minimum Gasteiger partial charge on any atom is -0.239 e. The topological polar surface area (TPSA) is 36.7 Å². The molecule has 5 heteroatoms. The molecule has 2 nitrogen and oxygen atoms in total. The van der Waals surface area contributed by atoms with Gasteiger partial charge in [-0.05, 0) is 34.0 Å². The van der Waals surface area contributed by atoms with E-state index in [-0.39, 0.29) is 12.1 Å². The molecule has 0 saturated carbocycles. The summed E-state index contributed by atoms with van der Waals surface area (Å²) in [5.41, 5.74) is 0.807. The van der Waals surface area contributed by atoms with E-state index in [2.05, 4.69) is 20.9 Å². The maximum absolute atomic E-state index is 12.4. The van der Waals surface area contributed by atoms with Crippen molar-refractivity contribution < 1.29 is 8.78 Å². The van der Waals surface area contributed by atoms with E-state index in [1.54, 1.807) is 13.0 Å². The Morgan fingerprint density at radius 3 is 2.79 bits per heavy atom. The Morgan fingerprint density at radius 1 is 1.64 bits per heavy atom. The molecule has 0 fully saturated rings. The zero-order chi connectivity index (χ0) is 10.7. The zero-order valence-corrected chi connectivity index (χ0v) is 8.98. The average Bonchev–Trinajstić information content (AvgIpc) is 2.10. The molecule has 0 bridgehead atoms. The Labute approximate surface area is 88.7 Å². The summed E-state index contributed by atoms with van der Waals surface area (Å²) in [7, 11) is 0. The van der Waals surface area contributed by atoms with Gasteiger partial charge in [-0.2, -0.15) is 5.26 Å². The Kier molecular flexibility index (Phi) is 3.53. The van der Waals surface area contributed by atoms with Crippen LogP contribution in [0.25, 0.3) is 0 Å². The molecule has 74 valence electrons. The summed E-state index contributed by atoms with van der Waals surface area (Å²) in [6.07, 6.45) is -2.42. The normalized spacial score (nSPS) is 10.3. The first-order valence-corrected chi connectivity index (χ1v) is 4.66. The molecule has 0 aliphatic heterocycles. The fourth-order valence-corrected chi connectivity index (χ4v) is 1.54. The van der Waals surface area contributed by atoms with E-state index in [1.807, 2.05) is 6.07 Å². The lowest BCUT2D eigenvalue weighted by Gasteiger charge is -2.07. The minimum atomic E-state index is -2.58. The van der Waals surface area contributed by atoms with Crippen LogP contribution in [0.5, 0.6) is 0 Å². The van der Waals surface area contributed by atoms with Crippen LogP contribution in [0.2, 0.25) is 0 Å². The van der Waals surface area contributed by atoms with Crippen molar-refractivity contribution in [2.24, 2.45) is 0 Å². The molecule has 1 heterocycles. The van der Waals surface area contributed by atoms with Gasteiger partial charge in [0, 0.05) is 0 Å². The molecule has 1 rings (SSSR count). The number of nitrogens with zero attached hydrogens (tertiary/aromatic N) is 2. The molecule has 0 atom stereocenters. The first-order chi connectivity index (χ1) is 6.56. The molecule has 0 spiro atoms. The molecule has 0 amide bonds. The van der Waals surface area contributed by atoms with Crippen molar-refractivity contribution in [3.05, 3.63) is 27.5 Å². The van der Waals surface area contributed by atoms with Crippen molar-refractivity contribution in [2.75, 3.05) is 0 Å². The van der Waals surface area contributed by atoms with Gasteiger partial charge in [-0.1, -0.05) is 6.07 Å². The van der Waals surface area contributed by atoms with Crippen LogP contribution in [0, 0.1) is 18.3 Å². The largest absolute Gasteiger partial charge is 0.280 e. The van der Waals surface area contributed by atoms with Gasteiger partial charge in [-0.15, -0.1) is 0 Å². The second kappa shape index (κ2) is 4.47. The molecular weight excluding hydrogens is 254 g/mol. The molecule has 14 heavy (non-hydrogen) atoms. The molecule has 0 N–H and O–H groups in total. The standard InChI is InChI=1S/C9H7BrF2N2/c1-5-4-6(2-3-13)8(10)14-7(5)9(11)12/h4,9H,2H2,1H3. The number of hydrogen-bond donors (Lipinski definition) is 0. The van der Waals surface area contributed by atoms with Crippen LogP contribution < -0.4 is 0 Å². The third-order valence-electron chi connectivity index (χ3n) is 1.75. The zero-order valence-electron chi connectivity index (χ0n) is 7.39. The predicted molar refractivity (Wildman–Crippen MR) is 50.9 cm³/mol. The van der Waals surface area contributed by atoms with Crippen LogP contribution in [0.3, 0.4) is 0 Å². The van der Waals surface area contributed by atoms with Gasteiger partial charge in [0.2, 0.25) is 0 Å². The van der Waals surface area contributed by atoms with Gasteiger partial charge in [0.05, 0.1) is 12.5 Å². The van der Waals surface area contributed by atoms with Crippen molar-refractivity contribution in [3.8, 4) is 6.07 Å². The first kappa shape index (κ1) is 11.1. The van der Waals surface area contributed by atoms with Gasteiger partial charge in [0.25, 0.3) is 6.43 Å². The van der Waals surface area contributed by atoms with Gasteiger partial charge in [0.15, 0.2) is 0 Å². The van der Waals surface area contributed by atoms with Crippen LogP contribution in [0.15, 0.2) is 10.7 Å². The maximum Gasteiger partial charge on any atom is 0.280 e. The van der Waals surface area contributed by atoms with Gasteiger partial charge < -0.3 is 0 Å². The highest BCUT2D eigenvalue weighted by atomic mass is 79.9. The smallest absolute Gasteiger partial charge is 0.239 e. The lowest BCUT2D eigenvalue weighted by molar-refractivity contribution is 0.145. The van der Waals surface area contributed by atoms with E-state index in [1.165, 1.54) is 0 Å². The van der Waals surface area contributed by atoms with E-state index in [4.69, 9.17) is 5.26 Å². The highest BCUT2D eigenvalue weighted by Crippen LogP contribution is 2.25. The summed E-state index contributed by atoms with van der Waals surface area (Å²) in [5, 5.41) is 8.47. The number of halogens is 3. The van der Waals surface area contributed by atoms with Gasteiger partial charge in [0.1, 0.15) is 10.3 Å². The van der Waals surface area contributed by atoms with Crippen LogP contribution >= 0.6 is 15.9 Å². The Morgan fingerprint density at radius 2 is 2.29 bits per heavy atom. The Balaban J connectivity index is 3.18. The van der Waals surface area contributed by atoms with Gasteiger partial charge >= 0.3 is 0 Å². The average molecular weight is 261 g/mol. The molecule has 0 aliphatic carbocycles. The minimum absolute atomic E-state index is 0.165. The van der Waals surface area contributed by atoms with Crippen molar-refractivity contribution in [1.29, 1.82) is 5.26 Å². The first-order valence-electron chi connectivity index (χ1n) is 3.87. The molecule has 1 aromatic rings. The molecule has 1 aromatic heterocycles. The number of rotatable bonds is 2. The third-order valence-corrected chi connectivity index (χ3v) is 2.44. The summed E-state index contributed by atoms with van der Waals surface area (Å²) < 4.78 is 25.1. The van der Waals surface area contributed by atoms with Gasteiger partial charge in [-0.3, -0.25) is 0 Å². The fourth-order valence-electron chi connectivity index (χ4n) is 1.09. The second-order valence-electron chi connectivity index (χ2n) is 2.78. The van der Waals surface area contributed by atoms with Crippen LogP contribution in [-0.2, 0) is 6.42 Å². The summed E-state index contributed by atoms with van der Waals surface area (Å²) in [4.78, 5) is 3.71. The number of alkyl halides is 2. The highest BCUT2D eigenvalue weighted by Gasteiger charge is 2.15. The molecule has 0 aliphatic rings. The maximum atomic E-state index is 12.4. The summed E-state index contributed by atoms with van der Waals surface area (Å²) in [5.74, 6) is 0. The van der Waals surface area contributed by atoms with E-state index < -0.39 is 6.43 Å². The predicted octanol–water partition coefficient (Wildman–Crippen LogP) is 3.16. The number of pyridine rings is 1. The SMILES string of the molecule is Cc1cc(CC#N)c(Br)nc1C(F)F. The quantitative estimate of drug-likeness (QED) is 0.766. The Bertz CT molecular complexity index is 385. The Hall–Kier alpha value is -1.02. The lowest BCUT2D eigenvalue weighted by atomic mass is 10.1. The number of nitriles is 1. The van der Waals surface area contributed by atoms with E-state index in [0.29, 0.717) is 15.7 Å². The molecular formula is C9H7BrF2N2. The van der Waals surface area contributed by atoms with Crippen molar-refractivity contribution in [1.82, 2.24) is 4.98 Å². The van der Waals surface area contributed by atoms with Crippen LogP contribution in [0.1, 0.15) is 23.2 Å². The van der Waals surface area contributed by atoms with E-state index in [0.717, 1.165) is 0 Å². The summed E-state index contributed by atoms with van der Waals surface area (Å²) in [6, 6.07) is 3.50. The highest BCUT2D eigenvalue weighted by molar-refractivity contribution is 9.10. The van der Waals surface area contributed by atoms with Crippen molar-refractivity contribution >= 4 is 15.9 Å². The molecule has 0 aromatic carbocycles. The van der Waals surface area contributed by atoms with Crippen molar-refractivity contribution in [2.45, 2.75) is 19.8 Å². The lowest BCUT2D eigenvalue weighted by Crippen LogP contribution is -1.98. The van der Waals surface area contributed by atoms with Crippen LogP contribution in [0.4, 0.5) is 8.78 Å². The molecule has 0 saturated heterocycles. The van der Waals surface area contributed by atoms with E-state index >= 15 is 0 Å². The summed E-state index contributed by atoms with van der Waals surface area (Å²) >= 11 is 3.06. The number of hydrogen-bond acceptors (Lipinski definition) is 2. The van der Waals surface area contributed by atoms with Crippen LogP contribution in [-0.4, -0.2) is 4.98 Å².